The predicted molar refractivity (Wildman–Crippen MR) is 167 cm³/mol. The van der Waals surface area contributed by atoms with Crippen molar-refractivity contribution in [2.45, 2.75) is 109 Å². The van der Waals surface area contributed by atoms with Gasteiger partial charge < -0.3 is 57.6 Å². The van der Waals surface area contributed by atoms with Crippen LogP contribution in [0.2, 0.25) is 0 Å². The number of amides is 6. The van der Waals surface area contributed by atoms with E-state index in [1.165, 1.54) is 6.92 Å². The summed E-state index contributed by atoms with van der Waals surface area (Å²) in [5, 5.41) is 48.8. The van der Waals surface area contributed by atoms with E-state index in [0.717, 1.165) is 11.8 Å². The molecule has 0 aromatic heterocycles. The van der Waals surface area contributed by atoms with Crippen molar-refractivity contribution in [3.05, 3.63) is 0 Å². The van der Waals surface area contributed by atoms with Gasteiger partial charge in [-0.1, -0.05) is 13.8 Å². The Morgan fingerprint density at radius 2 is 1.43 bits per heavy atom. The van der Waals surface area contributed by atoms with Crippen molar-refractivity contribution >= 4 is 53.4 Å². The summed E-state index contributed by atoms with van der Waals surface area (Å²) in [5.41, 5.74) is 5.65. The van der Waals surface area contributed by atoms with Crippen LogP contribution in [0, 0.1) is 5.92 Å². The monoisotopic (exact) mass is 701 g/mol. The molecule has 6 amide bonds. The fourth-order valence-corrected chi connectivity index (χ4v) is 4.88. The minimum Gasteiger partial charge on any atom is -0.481 e. The number of likely N-dealkylation sites (tertiary alicyclic amines) is 1. The van der Waals surface area contributed by atoms with Crippen LogP contribution in [0.4, 0.5) is 0 Å². The lowest BCUT2D eigenvalue weighted by Crippen LogP contribution is -2.60. The van der Waals surface area contributed by atoms with Gasteiger partial charge in [0.2, 0.25) is 35.4 Å². The number of carboxylic acids is 3. The van der Waals surface area contributed by atoms with Crippen molar-refractivity contribution < 1.29 is 63.6 Å². The predicted octanol–water partition coefficient (Wildman–Crippen LogP) is -3.77. The second-order valence-corrected chi connectivity index (χ2v) is 12.2. The van der Waals surface area contributed by atoms with E-state index in [1.54, 1.807) is 13.8 Å². The SMILES string of the molecule is CC(C)C[C@H](NC(=O)[C@H](C)NC(=O)CNC(=O)[C@@H]1CCCN1C(=O)[C@@H](N)CC(=O)O)C(=O)N[C@H](C(=O)N[C@@H](CCC(=O)O)C(=O)O)[C@@H](C)O. The minimum absolute atomic E-state index is 0.0472. The van der Waals surface area contributed by atoms with Crippen molar-refractivity contribution in [3.63, 3.8) is 0 Å². The van der Waals surface area contributed by atoms with Gasteiger partial charge in [0, 0.05) is 13.0 Å². The molecule has 1 heterocycles. The molecule has 7 atom stereocenters. The maximum absolute atomic E-state index is 13.2. The summed E-state index contributed by atoms with van der Waals surface area (Å²) in [5.74, 6) is -9.30. The smallest absolute Gasteiger partial charge is 0.326 e. The molecule has 49 heavy (non-hydrogen) atoms. The van der Waals surface area contributed by atoms with Crippen molar-refractivity contribution in [1.29, 1.82) is 0 Å². The van der Waals surface area contributed by atoms with Crippen LogP contribution in [0.5, 0.6) is 0 Å². The molecule has 0 radical (unpaired) electrons. The zero-order valence-corrected chi connectivity index (χ0v) is 27.8. The average Bonchev–Trinajstić information content (AvgIpc) is 3.48. The molecule has 11 N–H and O–H groups in total. The van der Waals surface area contributed by atoms with E-state index < -0.39 is 122 Å². The molecule has 1 rings (SSSR count). The van der Waals surface area contributed by atoms with E-state index in [-0.39, 0.29) is 25.3 Å². The fourth-order valence-electron chi connectivity index (χ4n) is 4.88. The number of carbonyl (C=O) groups is 9. The van der Waals surface area contributed by atoms with E-state index in [1.807, 2.05) is 0 Å². The van der Waals surface area contributed by atoms with Crippen LogP contribution >= 0.6 is 0 Å². The number of carboxylic acid groups (broad SMARTS) is 3. The summed E-state index contributed by atoms with van der Waals surface area (Å²) in [6.45, 7) is 5.52. The number of aliphatic hydroxyl groups is 1. The molecule has 0 spiro atoms. The number of nitrogens with one attached hydrogen (secondary N) is 5. The summed E-state index contributed by atoms with van der Waals surface area (Å²) >= 11 is 0. The highest BCUT2D eigenvalue weighted by atomic mass is 16.4. The van der Waals surface area contributed by atoms with Crippen LogP contribution in [0.3, 0.4) is 0 Å². The van der Waals surface area contributed by atoms with Crippen LogP contribution in [-0.4, -0.2) is 134 Å². The fraction of sp³-hybridized carbons (Fsp3) is 0.690. The number of hydrogen-bond donors (Lipinski definition) is 10. The van der Waals surface area contributed by atoms with Crippen molar-refractivity contribution in [3.8, 4) is 0 Å². The molecule has 1 aliphatic heterocycles. The van der Waals surface area contributed by atoms with E-state index >= 15 is 0 Å². The quantitative estimate of drug-likeness (QED) is 0.0583. The lowest BCUT2D eigenvalue weighted by Gasteiger charge is -2.27. The summed E-state index contributed by atoms with van der Waals surface area (Å²) in [4.78, 5) is 111. The van der Waals surface area contributed by atoms with Crippen molar-refractivity contribution in [2.75, 3.05) is 13.1 Å². The zero-order chi connectivity index (χ0) is 37.6. The summed E-state index contributed by atoms with van der Waals surface area (Å²) in [6.07, 6.45) is -2.42. The number of carbonyl (C=O) groups excluding carboxylic acids is 6. The highest BCUT2D eigenvalue weighted by Gasteiger charge is 2.37. The van der Waals surface area contributed by atoms with Crippen LogP contribution in [-0.2, 0) is 43.2 Å². The Morgan fingerprint density at radius 3 is 1.96 bits per heavy atom. The molecule has 0 unspecified atom stereocenters. The van der Waals surface area contributed by atoms with Crippen LogP contribution in [0.25, 0.3) is 0 Å². The number of rotatable bonds is 20. The van der Waals surface area contributed by atoms with Gasteiger partial charge in [-0.25, -0.2) is 4.79 Å². The van der Waals surface area contributed by atoms with Crippen LogP contribution in [0.15, 0.2) is 0 Å². The zero-order valence-electron chi connectivity index (χ0n) is 27.8. The number of aliphatic hydroxyl groups excluding tert-OH is 1. The Bertz CT molecular complexity index is 1260. The van der Waals surface area contributed by atoms with Crippen molar-refractivity contribution in [2.24, 2.45) is 11.7 Å². The number of aliphatic carboxylic acids is 3. The first kappa shape index (κ1) is 42.2. The largest absolute Gasteiger partial charge is 0.481 e. The number of hydrogen-bond acceptors (Lipinski definition) is 11. The first-order valence-electron chi connectivity index (χ1n) is 15.6. The van der Waals surface area contributed by atoms with Gasteiger partial charge in [-0.15, -0.1) is 0 Å². The number of nitrogens with zero attached hydrogens (tertiary/aromatic N) is 1. The van der Waals surface area contributed by atoms with Crippen LogP contribution < -0.4 is 32.3 Å². The molecule has 0 saturated carbocycles. The molecule has 0 bridgehead atoms. The molecule has 0 aromatic carbocycles. The van der Waals surface area contributed by atoms with E-state index in [2.05, 4.69) is 26.6 Å². The van der Waals surface area contributed by atoms with E-state index in [4.69, 9.17) is 15.9 Å². The molecule has 1 saturated heterocycles. The Morgan fingerprint density at radius 1 is 0.816 bits per heavy atom. The third-order valence-electron chi connectivity index (χ3n) is 7.41. The molecular weight excluding hydrogens is 654 g/mol. The molecule has 1 aliphatic rings. The van der Waals surface area contributed by atoms with Crippen LogP contribution in [0.1, 0.15) is 66.2 Å². The van der Waals surface area contributed by atoms with Gasteiger partial charge in [-0.2, -0.15) is 0 Å². The molecule has 1 fully saturated rings. The second-order valence-electron chi connectivity index (χ2n) is 12.2. The standard InChI is InChI=1S/C29H47N7O13/c1-13(2)10-18(25(44)35-23(15(4)37)27(46)33-17(29(48)49)7-8-21(39)40)34-24(43)14(3)32-20(38)12-31-26(45)19-6-5-9-36(19)28(47)16(30)11-22(41)42/h13-19,23,37H,5-12,30H2,1-4H3,(H,31,45)(H,32,38)(H,33,46)(H,34,43)(H,35,44)(H,39,40)(H,41,42)(H,48,49)/t14-,15+,16-,17-,18-,19-,23-/m0/s1. The lowest BCUT2D eigenvalue weighted by atomic mass is 10.0. The van der Waals surface area contributed by atoms with Gasteiger partial charge in [-0.3, -0.25) is 38.4 Å². The van der Waals surface area contributed by atoms with Gasteiger partial charge in [0.1, 0.15) is 30.2 Å². The van der Waals surface area contributed by atoms with E-state index in [9.17, 15) is 53.4 Å². The normalized spacial score (nSPS) is 17.8. The van der Waals surface area contributed by atoms with E-state index in [0.29, 0.717) is 6.42 Å². The van der Waals surface area contributed by atoms with Gasteiger partial charge in [0.15, 0.2) is 0 Å². The number of nitrogens with two attached hydrogens (primary N) is 1. The molecule has 20 heteroatoms. The highest BCUT2D eigenvalue weighted by Crippen LogP contribution is 2.19. The summed E-state index contributed by atoms with van der Waals surface area (Å²) in [6, 6.07) is -8.11. The Hall–Kier alpha value is -4.85. The molecule has 276 valence electrons. The van der Waals surface area contributed by atoms with Gasteiger partial charge in [0.25, 0.3) is 0 Å². The average molecular weight is 702 g/mol. The maximum Gasteiger partial charge on any atom is 0.326 e. The third-order valence-corrected chi connectivity index (χ3v) is 7.41. The second kappa shape index (κ2) is 19.8. The lowest BCUT2D eigenvalue weighted by molar-refractivity contribution is -0.144. The Kier molecular flexibility index (Phi) is 17.1. The highest BCUT2D eigenvalue weighted by molar-refractivity contribution is 5.96. The molecule has 0 aromatic rings. The molecular formula is C29H47N7O13. The Balaban J connectivity index is 2.82. The Labute approximate surface area is 281 Å². The summed E-state index contributed by atoms with van der Waals surface area (Å²) in [7, 11) is 0. The van der Waals surface area contributed by atoms with Crippen molar-refractivity contribution in [1.82, 2.24) is 31.5 Å². The van der Waals surface area contributed by atoms with Gasteiger partial charge >= 0.3 is 17.9 Å². The molecule has 20 nitrogen and oxygen atoms in total. The topological polar surface area (TPSA) is 324 Å². The van der Waals surface area contributed by atoms with Gasteiger partial charge in [0.05, 0.1) is 25.1 Å². The first-order valence-corrected chi connectivity index (χ1v) is 15.6. The maximum atomic E-state index is 13.2. The third kappa shape index (κ3) is 14.4. The molecule has 0 aliphatic carbocycles. The first-order chi connectivity index (χ1) is 22.7. The summed E-state index contributed by atoms with van der Waals surface area (Å²) < 4.78 is 0. The minimum atomic E-state index is -1.68. The van der Waals surface area contributed by atoms with Gasteiger partial charge in [-0.05, 0) is 45.4 Å².